The third-order valence-corrected chi connectivity index (χ3v) is 3.46. The molecule has 0 aliphatic carbocycles. The lowest BCUT2D eigenvalue weighted by Gasteiger charge is -2.19. The summed E-state index contributed by atoms with van der Waals surface area (Å²) in [6.45, 7) is 0.847. The molecule has 1 aromatic carbocycles. The zero-order chi connectivity index (χ0) is 14.4. The Kier molecular flexibility index (Phi) is 7.19. The number of rotatable bonds is 5. The summed E-state index contributed by atoms with van der Waals surface area (Å²) < 4.78 is 4.77. The Balaban J connectivity index is 0.00000220. The van der Waals surface area contributed by atoms with E-state index in [1.54, 1.807) is 0 Å². The van der Waals surface area contributed by atoms with E-state index < -0.39 is 12.0 Å². The molecule has 1 heterocycles. The van der Waals surface area contributed by atoms with Crippen molar-refractivity contribution in [2.24, 2.45) is 0 Å². The van der Waals surface area contributed by atoms with Crippen LogP contribution < -0.4 is 10.6 Å². The number of hydrogen-bond acceptors (Lipinski definition) is 4. The minimum atomic E-state index is -0.641. The van der Waals surface area contributed by atoms with E-state index in [0.717, 1.165) is 24.9 Å². The summed E-state index contributed by atoms with van der Waals surface area (Å²) in [4.78, 5) is 23.9. The second kappa shape index (κ2) is 8.64. The van der Waals surface area contributed by atoms with Crippen molar-refractivity contribution in [1.29, 1.82) is 0 Å². The van der Waals surface area contributed by atoms with E-state index in [2.05, 4.69) is 10.6 Å². The van der Waals surface area contributed by atoms with Gasteiger partial charge in [0.2, 0.25) is 5.91 Å². The van der Waals surface area contributed by atoms with Crippen LogP contribution in [0.15, 0.2) is 30.3 Å². The second-order valence-electron chi connectivity index (χ2n) is 4.92. The van der Waals surface area contributed by atoms with Gasteiger partial charge in [0.1, 0.15) is 6.04 Å². The maximum atomic E-state index is 12.1. The Morgan fingerprint density at radius 3 is 2.67 bits per heavy atom. The van der Waals surface area contributed by atoms with Gasteiger partial charge in [-0.1, -0.05) is 30.3 Å². The molecule has 6 heteroatoms. The van der Waals surface area contributed by atoms with Crippen molar-refractivity contribution >= 4 is 24.3 Å². The average Bonchev–Trinajstić information content (AvgIpc) is 3.01. The third-order valence-electron chi connectivity index (χ3n) is 3.46. The average molecular weight is 313 g/mol. The number of halogens is 1. The molecule has 21 heavy (non-hydrogen) atoms. The summed E-state index contributed by atoms with van der Waals surface area (Å²) in [7, 11) is 1.33. The van der Waals surface area contributed by atoms with Gasteiger partial charge in [-0.15, -0.1) is 12.4 Å². The molecule has 2 rings (SSSR count). The van der Waals surface area contributed by atoms with Crippen LogP contribution in [0.25, 0.3) is 0 Å². The zero-order valence-corrected chi connectivity index (χ0v) is 12.8. The van der Waals surface area contributed by atoms with E-state index in [-0.39, 0.29) is 24.4 Å². The predicted molar refractivity (Wildman–Crippen MR) is 82.4 cm³/mol. The van der Waals surface area contributed by atoms with Crippen molar-refractivity contribution in [2.45, 2.75) is 31.3 Å². The maximum Gasteiger partial charge on any atom is 0.328 e. The largest absolute Gasteiger partial charge is 0.467 e. The number of methoxy groups -OCH3 is 1. The van der Waals surface area contributed by atoms with E-state index in [1.165, 1.54) is 7.11 Å². The molecule has 1 fully saturated rings. The first-order valence-electron chi connectivity index (χ1n) is 6.86. The van der Waals surface area contributed by atoms with Crippen LogP contribution in [0.2, 0.25) is 0 Å². The summed E-state index contributed by atoms with van der Waals surface area (Å²) in [6, 6.07) is 8.74. The minimum absolute atomic E-state index is 0. The Labute approximate surface area is 130 Å². The van der Waals surface area contributed by atoms with Crippen molar-refractivity contribution in [3.8, 4) is 0 Å². The smallest absolute Gasteiger partial charge is 0.328 e. The van der Waals surface area contributed by atoms with Gasteiger partial charge in [-0.25, -0.2) is 4.79 Å². The van der Waals surface area contributed by atoms with E-state index in [9.17, 15) is 9.59 Å². The maximum absolute atomic E-state index is 12.1. The van der Waals surface area contributed by atoms with Gasteiger partial charge in [0, 0.05) is 6.42 Å². The number of ether oxygens (including phenoxy) is 1. The van der Waals surface area contributed by atoms with Gasteiger partial charge >= 0.3 is 5.97 Å². The van der Waals surface area contributed by atoms with Gasteiger partial charge in [-0.3, -0.25) is 4.79 Å². The monoisotopic (exact) mass is 312 g/mol. The van der Waals surface area contributed by atoms with Crippen molar-refractivity contribution in [3.63, 3.8) is 0 Å². The summed E-state index contributed by atoms with van der Waals surface area (Å²) in [5.41, 5.74) is 0.989. The molecule has 0 aromatic heterocycles. The lowest BCUT2D eigenvalue weighted by Crippen LogP contribution is -2.49. The van der Waals surface area contributed by atoms with Crippen LogP contribution in [-0.2, 0) is 20.7 Å². The molecule has 5 nitrogen and oxygen atoms in total. The highest BCUT2D eigenvalue weighted by atomic mass is 35.5. The van der Waals surface area contributed by atoms with Gasteiger partial charge < -0.3 is 15.4 Å². The fourth-order valence-corrected chi connectivity index (χ4v) is 2.37. The van der Waals surface area contributed by atoms with Crippen molar-refractivity contribution in [2.75, 3.05) is 13.7 Å². The van der Waals surface area contributed by atoms with Crippen molar-refractivity contribution in [3.05, 3.63) is 35.9 Å². The molecule has 1 aliphatic heterocycles. The first-order chi connectivity index (χ1) is 9.70. The number of amides is 1. The Morgan fingerprint density at radius 1 is 1.38 bits per heavy atom. The summed E-state index contributed by atoms with van der Waals surface area (Å²) in [5, 5.41) is 5.90. The normalized spacial score (nSPS) is 18.4. The third kappa shape index (κ3) is 5.02. The fraction of sp³-hybridized carbons (Fsp3) is 0.467. The van der Waals surface area contributed by atoms with Crippen LogP contribution in [-0.4, -0.2) is 37.6 Å². The molecular weight excluding hydrogens is 292 g/mol. The van der Waals surface area contributed by atoms with E-state index in [4.69, 9.17) is 4.74 Å². The highest BCUT2D eigenvalue weighted by Gasteiger charge is 2.27. The van der Waals surface area contributed by atoms with Gasteiger partial charge in [0.15, 0.2) is 0 Å². The van der Waals surface area contributed by atoms with Gasteiger partial charge in [-0.2, -0.15) is 0 Å². The Bertz CT molecular complexity index is 461. The molecule has 1 aromatic rings. The molecule has 0 bridgehead atoms. The zero-order valence-electron chi connectivity index (χ0n) is 12.0. The molecule has 116 valence electrons. The highest BCUT2D eigenvalue weighted by molar-refractivity contribution is 5.87. The van der Waals surface area contributed by atoms with Gasteiger partial charge in [0.25, 0.3) is 0 Å². The minimum Gasteiger partial charge on any atom is -0.467 e. The van der Waals surface area contributed by atoms with Crippen LogP contribution in [0.1, 0.15) is 18.4 Å². The molecule has 1 unspecified atom stereocenters. The van der Waals surface area contributed by atoms with E-state index in [1.807, 2.05) is 30.3 Å². The summed E-state index contributed by atoms with van der Waals surface area (Å²) in [6.07, 6.45) is 2.23. The van der Waals surface area contributed by atoms with Crippen LogP contribution in [0.4, 0.5) is 0 Å². The van der Waals surface area contributed by atoms with E-state index >= 15 is 0 Å². The quantitative estimate of drug-likeness (QED) is 0.798. The molecule has 1 aliphatic rings. The Morgan fingerprint density at radius 2 is 2.10 bits per heavy atom. The van der Waals surface area contributed by atoms with Crippen molar-refractivity contribution < 1.29 is 14.3 Å². The number of carbonyl (C=O) groups is 2. The molecule has 2 N–H and O–H groups in total. The number of carbonyl (C=O) groups excluding carboxylic acids is 2. The topological polar surface area (TPSA) is 67.4 Å². The van der Waals surface area contributed by atoms with Crippen LogP contribution in [0.5, 0.6) is 0 Å². The Hall–Kier alpha value is -1.59. The standard InChI is InChI=1S/C15H20N2O3.ClH/c1-20-15(19)13(10-11-6-3-2-4-7-11)17-14(18)12-8-5-9-16-12;/h2-4,6-7,12-13,16H,5,8-10H2,1H3,(H,17,18);1H/t12?,13-;/m0./s1. The fourth-order valence-electron chi connectivity index (χ4n) is 2.37. The van der Waals surface area contributed by atoms with Crippen molar-refractivity contribution in [1.82, 2.24) is 10.6 Å². The SMILES string of the molecule is COC(=O)[C@H](Cc1ccccc1)NC(=O)C1CCCN1.Cl. The molecule has 1 amide bonds. The van der Waals surface area contributed by atoms with Crippen LogP contribution >= 0.6 is 12.4 Å². The molecule has 0 saturated carbocycles. The first-order valence-corrected chi connectivity index (χ1v) is 6.86. The van der Waals surface area contributed by atoms with E-state index in [0.29, 0.717) is 6.42 Å². The molecule has 0 spiro atoms. The number of esters is 1. The molecule has 0 radical (unpaired) electrons. The van der Waals surface area contributed by atoms with Crippen LogP contribution in [0, 0.1) is 0 Å². The number of benzene rings is 1. The van der Waals surface area contributed by atoms with Crippen LogP contribution in [0.3, 0.4) is 0 Å². The molecule has 1 saturated heterocycles. The van der Waals surface area contributed by atoms with Gasteiger partial charge in [0.05, 0.1) is 13.2 Å². The number of hydrogen-bond donors (Lipinski definition) is 2. The second-order valence-corrected chi connectivity index (χ2v) is 4.92. The summed E-state index contributed by atoms with van der Waals surface area (Å²) >= 11 is 0. The lowest BCUT2D eigenvalue weighted by molar-refractivity contribution is -0.145. The van der Waals surface area contributed by atoms with Gasteiger partial charge in [-0.05, 0) is 24.9 Å². The predicted octanol–water partition coefficient (Wildman–Crippen LogP) is 1.06. The molecular formula is C15H21ClN2O3. The molecule has 2 atom stereocenters. The highest BCUT2D eigenvalue weighted by Crippen LogP contribution is 2.08. The lowest BCUT2D eigenvalue weighted by atomic mass is 10.1. The first kappa shape index (κ1) is 17.5. The number of nitrogens with one attached hydrogen (secondary N) is 2. The summed E-state index contributed by atoms with van der Waals surface area (Å²) in [5.74, 6) is -0.547.